The van der Waals surface area contributed by atoms with Crippen LogP contribution in [0.2, 0.25) is 0 Å². The van der Waals surface area contributed by atoms with E-state index in [0.717, 1.165) is 5.82 Å². The number of anilines is 1. The lowest BCUT2D eigenvalue weighted by Crippen LogP contribution is -2.14. The van der Waals surface area contributed by atoms with Crippen molar-refractivity contribution in [3.05, 3.63) is 24.4 Å². The molecule has 1 heterocycles. The Labute approximate surface area is 66.4 Å². The maximum absolute atomic E-state index is 4.13. The highest BCUT2D eigenvalue weighted by atomic mass is 15.2. The summed E-state index contributed by atoms with van der Waals surface area (Å²) in [5.74, 6) is 0.901. The van der Waals surface area contributed by atoms with Crippen LogP contribution in [0, 0.1) is 0 Å². The van der Waals surface area contributed by atoms with E-state index < -0.39 is 0 Å². The van der Waals surface area contributed by atoms with Crippen LogP contribution in [0.1, 0.15) is 0 Å². The zero-order chi connectivity index (χ0) is 8.10. The number of pyridine rings is 1. The standard InChI is InChI=1S/C8H11N3/c1-9-7-11(2)8-5-3-4-6-10-8/h3-7H,1-2H3. The third-order valence-electron chi connectivity index (χ3n) is 1.30. The monoisotopic (exact) mass is 149 g/mol. The Morgan fingerprint density at radius 3 is 2.91 bits per heavy atom. The smallest absolute Gasteiger partial charge is 0.133 e. The molecule has 1 aromatic heterocycles. The Balaban J connectivity index is 2.76. The van der Waals surface area contributed by atoms with Crippen LogP contribution in [-0.4, -0.2) is 25.4 Å². The first-order chi connectivity index (χ1) is 5.34. The highest BCUT2D eigenvalue weighted by Crippen LogP contribution is 2.03. The van der Waals surface area contributed by atoms with Gasteiger partial charge in [0.05, 0.1) is 6.34 Å². The second-order valence-electron chi connectivity index (χ2n) is 2.17. The molecule has 0 radical (unpaired) electrons. The molecule has 0 fully saturated rings. The van der Waals surface area contributed by atoms with Crippen LogP contribution in [0.3, 0.4) is 0 Å². The van der Waals surface area contributed by atoms with Crippen molar-refractivity contribution in [2.75, 3.05) is 19.0 Å². The molecule has 0 aliphatic heterocycles. The van der Waals surface area contributed by atoms with Crippen molar-refractivity contribution in [2.45, 2.75) is 0 Å². The molecular weight excluding hydrogens is 138 g/mol. The summed E-state index contributed by atoms with van der Waals surface area (Å²) in [4.78, 5) is 9.87. The average molecular weight is 149 g/mol. The Hall–Kier alpha value is -1.38. The number of hydrogen-bond donors (Lipinski definition) is 0. The van der Waals surface area contributed by atoms with E-state index in [-0.39, 0.29) is 0 Å². The van der Waals surface area contributed by atoms with Gasteiger partial charge in [0.2, 0.25) is 0 Å². The van der Waals surface area contributed by atoms with Crippen molar-refractivity contribution in [3.63, 3.8) is 0 Å². The third-order valence-corrected chi connectivity index (χ3v) is 1.30. The summed E-state index contributed by atoms with van der Waals surface area (Å²) in [5.41, 5.74) is 0. The number of nitrogens with zero attached hydrogens (tertiary/aromatic N) is 3. The Morgan fingerprint density at radius 1 is 1.55 bits per heavy atom. The molecule has 1 rings (SSSR count). The Bertz CT molecular complexity index is 230. The van der Waals surface area contributed by atoms with E-state index in [1.807, 2.05) is 30.1 Å². The summed E-state index contributed by atoms with van der Waals surface area (Å²) < 4.78 is 0. The van der Waals surface area contributed by atoms with E-state index in [4.69, 9.17) is 0 Å². The van der Waals surface area contributed by atoms with Gasteiger partial charge in [0.25, 0.3) is 0 Å². The third kappa shape index (κ3) is 2.04. The number of rotatable bonds is 2. The number of aliphatic imine (C=N–C) groups is 1. The zero-order valence-corrected chi connectivity index (χ0v) is 6.73. The molecule has 3 nitrogen and oxygen atoms in total. The first kappa shape index (κ1) is 7.72. The van der Waals surface area contributed by atoms with E-state index in [1.165, 1.54) is 0 Å². The SMILES string of the molecule is CN=CN(C)c1ccccn1. The fraction of sp³-hybridized carbons (Fsp3) is 0.250. The fourth-order valence-corrected chi connectivity index (χ4v) is 0.795. The Kier molecular flexibility index (Phi) is 2.60. The average Bonchev–Trinajstić information content (AvgIpc) is 2.07. The Morgan fingerprint density at radius 2 is 2.36 bits per heavy atom. The van der Waals surface area contributed by atoms with Gasteiger partial charge in [-0.1, -0.05) is 6.07 Å². The van der Waals surface area contributed by atoms with Crippen molar-refractivity contribution < 1.29 is 0 Å². The van der Waals surface area contributed by atoms with Crippen LogP contribution in [0.15, 0.2) is 29.4 Å². The van der Waals surface area contributed by atoms with Crippen LogP contribution in [-0.2, 0) is 0 Å². The molecule has 0 aliphatic carbocycles. The second-order valence-corrected chi connectivity index (χ2v) is 2.17. The van der Waals surface area contributed by atoms with Crippen LogP contribution >= 0.6 is 0 Å². The first-order valence-electron chi connectivity index (χ1n) is 3.40. The van der Waals surface area contributed by atoms with Gasteiger partial charge in [-0.3, -0.25) is 4.99 Å². The van der Waals surface area contributed by atoms with Gasteiger partial charge in [0, 0.05) is 20.3 Å². The molecule has 0 spiro atoms. The molecular formula is C8H11N3. The van der Waals surface area contributed by atoms with Gasteiger partial charge < -0.3 is 4.90 Å². The fourth-order valence-electron chi connectivity index (χ4n) is 0.795. The van der Waals surface area contributed by atoms with Crippen LogP contribution < -0.4 is 4.90 Å². The van der Waals surface area contributed by atoms with Gasteiger partial charge in [-0.25, -0.2) is 4.98 Å². The topological polar surface area (TPSA) is 28.5 Å². The van der Waals surface area contributed by atoms with Gasteiger partial charge in [-0.05, 0) is 12.1 Å². The molecule has 0 unspecified atom stereocenters. The van der Waals surface area contributed by atoms with Crippen molar-refractivity contribution in [1.29, 1.82) is 0 Å². The summed E-state index contributed by atoms with van der Waals surface area (Å²) in [5, 5.41) is 0. The molecule has 3 heteroatoms. The minimum atomic E-state index is 0.901. The summed E-state index contributed by atoms with van der Waals surface area (Å²) in [6, 6.07) is 5.77. The quantitative estimate of drug-likeness (QED) is 0.466. The van der Waals surface area contributed by atoms with E-state index in [2.05, 4.69) is 9.98 Å². The van der Waals surface area contributed by atoms with Gasteiger partial charge in [-0.2, -0.15) is 0 Å². The maximum Gasteiger partial charge on any atom is 0.133 e. The van der Waals surface area contributed by atoms with E-state index >= 15 is 0 Å². The zero-order valence-electron chi connectivity index (χ0n) is 6.73. The summed E-state index contributed by atoms with van der Waals surface area (Å²) in [6.07, 6.45) is 3.48. The molecule has 0 atom stereocenters. The largest absolute Gasteiger partial charge is 0.321 e. The molecule has 0 saturated heterocycles. The minimum Gasteiger partial charge on any atom is -0.321 e. The number of aromatic nitrogens is 1. The lowest BCUT2D eigenvalue weighted by Gasteiger charge is -2.09. The molecule has 0 aromatic carbocycles. The molecule has 0 saturated carbocycles. The molecule has 0 aliphatic rings. The van der Waals surface area contributed by atoms with Gasteiger partial charge in [0.15, 0.2) is 0 Å². The molecule has 1 aromatic rings. The summed E-state index contributed by atoms with van der Waals surface area (Å²) in [7, 11) is 3.65. The second kappa shape index (κ2) is 3.71. The normalized spacial score (nSPS) is 10.4. The van der Waals surface area contributed by atoms with Crippen molar-refractivity contribution in [1.82, 2.24) is 4.98 Å². The molecule has 0 bridgehead atoms. The first-order valence-corrected chi connectivity index (χ1v) is 3.40. The summed E-state index contributed by atoms with van der Waals surface area (Å²) in [6.45, 7) is 0. The van der Waals surface area contributed by atoms with E-state index in [9.17, 15) is 0 Å². The highest BCUT2D eigenvalue weighted by molar-refractivity contribution is 5.76. The van der Waals surface area contributed by atoms with Gasteiger partial charge >= 0.3 is 0 Å². The molecule has 58 valence electrons. The van der Waals surface area contributed by atoms with E-state index in [1.54, 1.807) is 19.6 Å². The van der Waals surface area contributed by atoms with E-state index in [0.29, 0.717) is 0 Å². The highest BCUT2D eigenvalue weighted by Gasteiger charge is 1.94. The minimum absolute atomic E-state index is 0.901. The lowest BCUT2D eigenvalue weighted by atomic mass is 10.4. The molecule has 11 heavy (non-hydrogen) atoms. The molecule has 0 amide bonds. The lowest BCUT2D eigenvalue weighted by molar-refractivity contribution is 1.17. The molecule has 0 N–H and O–H groups in total. The van der Waals surface area contributed by atoms with Crippen molar-refractivity contribution in [3.8, 4) is 0 Å². The maximum atomic E-state index is 4.13. The predicted octanol–water partition coefficient (Wildman–Crippen LogP) is 1.18. The van der Waals surface area contributed by atoms with Crippen LogP contribution in [0.25, 0.3) is 0 Å². The number of hydrogen-bond acceptors (Lipinski definition) is 2. The predicted molar refractivity (Wildman–Crippen MR) is 47.1 cm³/mol. The van der Waals surface area contributed by atoms with Crippen molar-refractivity contribution >= 4 is 12.2 Å². The van der Waals surface area contributed by atoms with Crippen LogP contribution in [0.5, 0.6) is 0 Å². The van der Waals surface area contributed by atoms with Crippen LogP contribution in [0.4, 0.5) is 5.82 Å². The van der Waals surface area contributed by atoms with Gasteiger partial charge in [0.1, 0.15) is 5.82 Å². The van der Waals surface area contributed by atoms with Gasteiger partial charge in [-0.15, -0.1) is 0 Å². The summed E-state index contributed by atoms with van der Waals surface area (Å²) >= 11 is 0. The van der Waals surface area contributed by atoms with Crippen molar-refractivity contribution in [2.24, 2.45) is 4.99 Å².